The molecule has 1 aliphatic carbocycles. The predicted molar refractivity (Wildman–Crippen MR) is 94.9 cm³/mol. The molecule has 0 aromatic rings. The van der Waals surface area contributed by atoms with Crippen LogP contribution >= 0.6 is 0 Å². The van der Waals surface area contributed by atoms with Crippen molar-refractivity contribution >= 4 is 5.78 Å². The van der Waals surface area contributed by atoms with Crippen molar-refractivity contribution in [3.05, 3.63) is 50.6 Å². The molecule has 0 aliphatic heterocycles. The summed E-state index contributed by atoms with van der Waals surface area (Å²) in [6.45, 7) is 20.0. The monoisotopic (exact) mass is 302 g/mol. The summed E-state index contributed by atoms with van der Waals surface area (Å²) >= 11 is 0. The number of ketones is 1. The van der Waals surface area contributed by atoms with Crippen LogP contribution in [0.4, 0.5) is 0 Å². The second-order valence-electron chi connectivity index (χ2n) is 5.97. The summed E-state index contributed by atoms with van der Waals surface area (Å²) in [7, 11) is 0. The average molecular weight is 302 g/mol. The van der Waals surface area contributed by atoms with E-state index in [9.17, 15) is 4.79 Å². The van der Waals surface area contributed by atoms with Crippen LogP contribution in [0.5, 0.6) is 0 Å². The minimum atomic E-state index is 0.152. The molecular weight excluding hydrogens is 272 g/mol. The molecule has 22 heavy (non-hydrogen) atoms. The maximum Gasteiger partial charge on any atom is 0.141 e. The second-order valence-corrected chi connectivity index (χ2v) is 5.97. The van der Waals surface area contributed by atoms with Crippen LogP contribution in [0.15, 0.2) is 50.6 Å². The second kappa shape index (κ2) is 10.3. The third kappa shape index (κ3) is 5.74. The molecule has 0 radical (unpaired) electrons. The third-order valence-corrected chi connectivity index (χ3v) is 4.17. The van der Waals surface area contributed by atoms with Gasteiger partial charge in [-0.2, -0.15) is 0 Å². The molecule has 0 heterocycles. The number of hydrogen-bond donors (Lipinski definition) is 0. The molecule has 1 fully saturated rings. The van der Waals surface area contributed by atoms with Crippen LogP contribution in [0, 0.1) is 11.8 Å². The Morgan fingerprint density at radius 2 is 1.09 bits per heavy atom. The molecule has 1 rings (SSSR count). The number of carbonyl (C=O) groups is 1. The van der Waals surface area contributed by atoms with Crippen LogP contribution in [-0.4, -0.2) is 54.9 Å². The lowest BCUT2D eigenvalue weighted by Gasteiger charge is -2.24. The van der Waals surface area contributed by atoms with E-state index in [2.05, 4.69) is 36.1 Å². The van der Waals surface area contributed by atoms with Gasteiger partial charge in [0.2, 0.25) is 0 Å². The molecule has 0 spiro atoms. The summed E-state index contributed by atoms with van der Waals surface area (Å²) < 4.78 is 0. The number of hydrogen-bond acceptors (Lipinski definition) is 3. The van der Waals surface area contributed by atoms with Gasteiger partial charge in [0, 0.05) is 51.1 Å². The predicted octanol–water partition coefficient (Wildman–Crippen LogP) is 2.93. The first kappa shape index (κ1) is 18.6. The zero-order chi connectivity index (χ0) is 16.4. The molecule has 0 aromatic heterocycles. The fourth-order valence-corrected chi connectivity index (χ4v) is 3.18. The average Bonchev–Trinajstić information content (AvgIpc) is 2.81. The summed E-state index contributed by atoms with van der Waals surface area (Å²) in [5, 5.41) is 0. The maximum atomic E-state index is 12.6. The molecule has 122 valence electrons. The van der Waals surface area contributed by atoms with Gasteiger partial charge in [-0.1, -0.05) is 24.3 Å². The SMILES string of the molecule is C=CCN(CC=C)CC1CCC(CN(CC=C)CC=C)C1=O. The van der Waals surface area contributed by atoms with E-state index in [4.69, 9.17) is 0 Å². The molecule has 0 N–H and O–H groups in total. The van der Waals surface area contributed by atoms with Crippen molar-refractivity contribution in [2.75, 3.05) is 39.3 Å². The topological polar surface area (TPSA) is 23.6 Å². The zero-order valence-corrected chi connectivity index (χ0v) is 13.8. The van der Waals surface area contributed by atoms with Gasteiger partial charge in [-0.3, -0.25) is 14.6 Å². The van der Waals surface area contributed by atoms with E-state index in [0.29, 0.717) is 5.78 Å². The van der Waals surface area contributed by atoms with Gasteiger partial charge in [0.05, 0.1) is 0 Å². The van der Waals surface area contributed by atoms with Crippen molar-refractivity contribution in [1.82, 2.24) is 9.80 Å². The van der Waals surface area contributed by atoms with Gasteiger partial charge in [0.1, 0.15) is 5.78 Å². The van der Waals surface area contributed by atoms with E-state index in [0.717, 1.165) is 52.1 Å². The minimum Gasteiger partial charge on any atom is -0.299 e. The smallest absolute Gasteiger partial charge is 0.141 e. The molecule has 0 saturated heterocycles. The summed E-state index contributed by atoms with van der Waals surface area (Å²) in [5.74, 6) is 0.717. The lowest BCUT2D eigenvalue weighted by atomic mass is 10.0. The van der Waals surface area contributed by atoms with Crippen molar-refractivity contribution in [2.24, 2.45) is 11.8 Å². The molecule has 2 unspecified atom stereocenters. The van der Waals surface area contributed by atoms with Crippen LogP contribution in [0.1, 0.15) is 12.8 Å². The molecule has 3 heteroatoms. The summed E-state index contributed by atoms with van der Waals surface area (Å²) in [6.07, 6.45) is 9.52. The van der Waals surface area contributed by atoms with Crippen LogP contribution in [-0.2, 0) is 4.79 Å². The zero-order valence-electron chi connectivity index (χ0n) is 13.8. The molecule has 0 aromatic carbocycles. The Morgan fingerprint density at radius 1 is 0.773 bits per heavy atom. The van der Waals surface area contributed by atoms with E-state index in [1.54, 1.807) is 0 Å². The summed E-state index contributed by atoms with van der Waals surface area (Å²) in [6, 6.07) is 0. The van der Waals surface area contributed by atoms with Crippen LogP contribution in [0.2, 0.25) is 0 Å². The largest absolute Gasteiger partial charge is 0.299 e. The van der Waals surface area contributed by atoms with Crippen molar-refractivity contribution in [3.63, 3.8) is 0 Å². The lowest BCUT2D eigenvalue weighted by molar-refractivity contribution is -0.124. The highest BCUT2D eigenvalue weighted by Crippen LogP contribution is 2.29. The fraction of sp³-hybridized carbons (Fsp3) is 0.526. The molecule has 1 saturated carbocycles. The Kier molecular flexibility index (Phi) is 8.71. The van der Waals surface area contributed by atoms with Crippen molar-refractivity contribution in [3.8, 4) is 0 Å². The van der Waals surface area contributed by atoms with Gasteiger partial charge in [0.15, 0.2) is 0 Å². The van der Waals surface area contributed by atoms with Gasteiger partial charge in [-0.15, -0.1) is 26.3 Å². The van der Waals surface area contributed by atoms with E-state index in [-0.39, 0.29) is 11.8 Å². The highest BCUT2D eigenvalue weighted by Gasteiger charge is 2.35. The quantitative estimate of drug-likeness (QED) is 0.518. The first-order valence-electron chi connectivity index (χ1n) is 8.08. The first-order valence-corrected chi connectivity index (χ1v) is 8.08. The standard InChI is InChI=1S/C19H30N2O/c1-5-11-20(12-6-2)15-17-9-10-18(19(17)22)16-21(13-7-3)14-8-4/h5-8,17-18H,1-4,9-16H2. The molecule has 0 amide bonds. The van der Waals surface area contributed by atoms with Crippen LogP contribution in [0.25, 0.3) is 0 Å². The normalized spacial score (nSPS) is 21.3. The number of nitrogens with zero attached hydrogens (tertiary/aromatic N) is 2. The first-order chi connectivity index (χ1) is 10.7. The summed E-state index contributed by atoms with van der Waals surface area (Å²) in [5.41, 5.74) is 0. The van der Waals surface area contributed by atoms with Gasteiger partial charge >= 0.3 is 0 Å². The van der Waals surface area contributed by atoms with Gasteiger partial charge in [-0.25, -0.2) is 0 Å². The van der Waals surface area contributed by atoms with Crippen LogP contribution < -0.4 is 0 Å². The number of Topliss-reactive ketones (excluding diaryl/α,β-unsaturated/α-hetero) is 1. The van der Waals surface area contributed by atoms with Crippen molar-refractivity contribution in [1.29, 1.82) is 0 Å². The summed E-state index contributed by atoms with van der Waals surface area (Å²) in [4.78, 5) is 17.1. The van der Waals surface area contributed by atoms with E-state index >= 15 is 0 Å². The van der Waals surface area contributed by atoms with E-state index in [1.165, 1.54) is 0 Å². The Bertz CT molecular complexity index is 346. The van der Waals surface area contributed by atoms with Gasteiger partial charge < -0.3 is 0 Å². The molecule has 0 bridgehead atoms. The van der Waals surface area contributed by atoms with E-state index in [1.807, 2.05) is 24.3 Å². The number of carbonyl (C=O) groups excluding carboxylic acids is 1. The Hall–Kier alpha value is -1.45. The molecule has 3 nitrogen and oxygen atoms in total. The highest BCUT2D eigenvalue weighted by molar-refractivity contribution is 5.85. The van der Waals surface area contributed by atoms with Crippen LogP contribution in [0.3, 0.4) is 0 Å². The highest BCUT2D eigenvalue weighted by atomic mass is 16.1. The molecular formula is C19H30N2O. The maximum absolute atomic E-state index is 12.6. The fourth-order valence-electron chi connectivity index (χ4n) is 3.18. The van der Waals surface area contributed by atoms with E-state index < -0.39 is 0 Å². The Labute approximate surface area is 135 Å². The third-order valence-electron chi connectivity index (χ3n) is 4.17. The number of rotatable bonds is 12. The Morgan fingerprint density at radius 3 is 1.36 bits per heavy atom. The van der Waals surface area contributed by atoms with Gasteiger partial charge in [0.25, 0.3) is 0 Å². The van der Waals surface area contributed by atoms with Crippen molar-refractivity contribution in [2.45, 2.75) is 12.8 Å². The van der Waals surface area contributed by atoms with Gasteiger partial charge in [-0.05, 0) is 12.8 Å². The Balaban J connectivity index is 2.56. The lowest BCUT2D eigenvalue weighted by Crippen LogP contribution is -2.36. The minimum absolute atomic E-state index is 0.152. The molecule has 2 atom stereocenters. The van der Waals surface area contributed by atoms with Crippen molar-refractivity contribution < 1.29 is 4.79 Å². The molecule has 1 aliphatic rings.